The smallest absolute Gasteiger partial charge is 0.162 e. The summed E-state index contributed by atoms with van der Waals surface area (Å²) < 4.78 is 10.6. The molecule has 0 amide bonds. The molecule has 0 atom stereocenters. The number of ether oxygens (including phenoxy) is 2. The molecule has 0 N–H and O–H groups in total. The van der Waals surface area contributed by atoms with Crippen LogP contribution < -0.4 is 24.9 Å². The highest BCUT2D eigenvalue weighted by atomic mass is 16.5. The molecular weight excluding hydrogens is 252 g/mol. The number of nitrogens with zero attached hydrogens (tertiary/aromatic N) is 2. The van der Waals surface area contributed by atoms with Gasteiger partial charge in [0, 0.05) is 23.2 Å². The van der Waals surface area contributed by atoms with Gasteiger partial charge in [-0.3, -0.25) is 4.99 Å². The lowest BCUT2D eigenvalue weighted by atomic mass is 10.2. The monoisotopic (exact) mass is 268 g/mol. The molecule has 0 aromatic heterocycles. The van der Waals surface area contributed by atoms with E-state index in [0.717, 1.165) is 16.3 Å². The molecular formula is C16H16N2O2. The Morgan fingerprint density at radius 1 is 1.00 bits per heavy atom. The Morgan fingerprint density at radius 2 is 1.70 bits per heavy atom. The number of anilines is 1. The molecule has 1 heterocycles. The number of rotatable bonds is 3. The van der Waals surface area contributed by atoms with E-state index in [-0.39, 0.29) is 0 Å². The van der Waals surface area contributed by atoms with Crippen LogP contribution in [0.1, 0.15) is 0 Å². The molecule has 0 aliphatic carbocycles. The van der Waals surface area contributed by atoms with Crippen LogP contribution in [0.5, 0.6) is 11.5 Å². The standard InChI is InChI=1S/C16H16N2O2/c1-19-15-8-12-10-18(13-6-4-3-5-7-13)11-17-14(12)9-16(15)20-2/h3-10H,11H2,1-2H3. The van der Waals surface area contributed by atoms with Gasteiger partial charge in [0.2, 0.25) is 0 Å². The molecule has 2 aromatic carbocycles. The first-order chi connectivity index (χ1) is 9.81. The van der Waals surface area contributed by atoms with Crippen molar-refractivity contribution in [3.05, 3.63) is 53.0 Å². The summed E-state index contributed by atoms with van der Waals surface area (Å²) in [6.07, 6.45) is 2.08. The van der Waals surface area contributed by atoms with Crippen molar-refractivity contribution >= 4 is 11.9 Å². The lowest BCUT2D eigenvalue weighted by Gasteiger charge is -2.21. The predicted molar refractivity (Wildman–Crippen MR) is 78.6 cm³/mol. The lowest BCUT2D eigenvalue weighted by Crippen LogP contribution is -2.36. The average molecular weight is 268 g/mol. The van der Waals surface area contributed by atoms with Gasteiger partial charge in [-0.05, 0) is 18.2 Å². The number of fused-ring (bicyclic) bond motifs is 1. The number of para-hydroxylation sites is 1. The lowest BCUT2D eigenvalue weighted by molar-refractivity contribution is 0.354. The fourth-order valence-electron chi connectivity index (χ4n) is 2.26. The first-order valence-electron chi connectivity index (χ1n) is 6.42. The van der Waals surface area contributed by atoms with Crippen molar-refractivity contribution in [3.63, 3.8) is 0 Å². The Labute approximate surface area is 117 Å². The average Bonchev–Trinajstić information content (AvgIpc) is 2.53. The summed E-state index contributed by atoms with van der Waals surface area (Å²) in [6.45, 7) is 0.604. The van der Waals surface area contributed by atoms with Crippen LogP contribution in [0.3, 0.4) is 0 Å². The van der Waals surface area contributed by atoms with Crippen LogP contribution in [-0.2, 0) is 0 Å². The van der Waals surface area contributed by atoms with Gasteiger partial charge in [-0.2, -0.15) is 0 Å². The molecule has 102 valence electrons. The van der Waals surface area contributed by atoms with Crippen LogP contribution in [0.4, 0.5) is 5.69 Å². The zero-order chi connectivity index (χ0) is 13.9. The molecule has 20 heavy (non-hydrogen) atoms. The molecule has 0 bridgehead atoms. The Bertz CT molecular complexity index is 726. The van der Waals surface area contributed by atoms with E-state index in [2.05, 4.69) is 28.2 Å². The maximum absolute atomic E-state index is 5.34. The SMILES string of the molecule is COc1cc2c(cc1OC)=NCN(c1ccccc1)C=2. The van der Waals surface area contributed by atoms with E-state index in [1.165, 1.54) is 0 Å². The van der Waals surface area contributed by atoms with Crippen LogP contribution in [0.2, 0.25) is 0 Å². The third kappa shape index (κ3) is 2.20. The van der Waals surface area contributed by atoms with E-state index in [1.807, 2.05) is 30.3 Å². The largest absolute Gasteiger partial charge is 0.493 e. The fourth-order valence-corrected chi connectivity index (χ4v) is 2.26. The minimum absolute atomic E-state index is 0.604. The Kier molecular flexibility index (Phi) is 3.29. The van der Waals surface area contributed by atoms with Crippen molar-refractivity contribution in [2.24, 2.45) is 4.99 Å². The summed E-state index contributed by atoms with van der Waals surface area (Å²) in [5.74, 6) is 1.42. The third-order valence-corrected chi connectivity index (χ3v) is 3.31. The highest BCUT2D eigenvalue weighted by Crippen LogP contribution is 2.22. The minimum Gasteiger partial charge on any atom is -0.493 e. The second-order valence-corrected chi connectivity index (χ2v) is 4.50. The number of benzene rings is 2. The van der Waals surface area contributed by atoms with Crippen molar-refractivity contribution in [2.45, 2.75) is 0 Å². The molecule has 4 nitrogen and oxygen atoms in total. The molecule has 0 unspecified atom stereocenters. The summed E-state index contributed by atoms with van der Waals surface area (Å²) >= 11 is 0. The van der Waals surface area contributed by atoms with Crippen molar-refractivity contribution < 1.29 is 9.47 Å². The van der Waals surface area contributed by atoms with E-state index in [4.69, 9.17) is 9.47 Å². The Balaban J connectivity index is 2.08. The van der Waals surface area contributed by atoms with Crippen molar-refractivity contribution in [1.82, 2.24) is 0 Å². The van der Waals surface area contributed by atoms with Gasteiger partial charge in [0.15, 0.2) is 11.5 Å². The highest BCUT2D eigenvalue weighted by Gasteiger charge is 2.10. The molecule has 0 saturated heterocycles. The highest BCUT2D eigenvalue weighted by molar-refractivity contribution is 5.59. The molecule has 0 radical (unpaired) electrons. The Hall–Kier alpha value is -2.49. The summed E-state index contributed by atoms with van der Waals surface area (Å²) in [5, 5.41) is 1.95. The van der Waals surface area contributed by atoms with E-state index < -0.39 is 0 Å². The van der Waals surface area contributed by atoms with Gasteiger partial charge >= 0.3 is 0 Å². The van der Waals surface area contributed by atoms with Crippen molar-refractivity contribution in [3.8, 4) is 11.5 Å². The molecule has 1 aliphatic rings. The van der Waals surface area contributed by atoms with Crippen LogP contribution in [-0.4, -0.2) is 20.9 Å². The Morgan fingerprint density at radius 3 is 2.40 bits per heavy atom. The third-order valence-electron chi connectivity index (χ3n) is 3.31. The molecule has 0 spiro atoms. The van der Waals surface area contributed by atoms with Crippen molar-refractivity contribution in [1.29, 1.82) is 0 Å². The number of methoxy groups -OCH3 is 2. The van der Waals surface area contributed by atoms with Crippen LogP contribution in [0.15, 0.2) is 47.5 Å². The molecule has 2 aromatic rings. The van der Waals surface area contributed by atoms with E-state index in [0.29, 0.717) is 18.2 Å². The van der Waals surface area contributed by atoms with Gasteiger partial charge < -0.3 is 14.4 Å². The van der Waals surface area contributed by atoms with Gasteiger partial charge in [0.1, 0.15) is 6.67 Å². The maximum atomic E-state index is 5.34. The predicted octanol–water partition coefficient (Wildman–Crippen LogP) is 1.54. The van der Waals surface area contributed by atoms with Crippen LogP contribution in [0, 0.1) is 0 Å². The molecule has 0 saturated carbocycles. The molecule has 3 rings (SSSR count). The second kappa shape index (κ2) is 5.25. The molecule has 0 fully saturated rings. The minimum atomic E-state index is 0.604. The molecule has 1 aliphatic heterocycles. The number of hydrogen-bond acceptors (Lipinski definition) is 4. The zero-order valence-electron chi connectivity index (χ0n) is 11.5. The summed E-state index contributed by atoms with van der Waals surface area (Å²) in [6, 6.07) is 14.0. The van der Waals surface area contributed by atoms with E-state index in [9.17, 15) is 0 Å². The van der Waals surface area contributed by atoms with Gasteiger partial charge in [-0.1, -0.05) is 18.2 Å². The first-order valence-corrected chi connectivity index (χ1v) is 6.42. The maximum Gasteiger partial charge on any atom is 0.162 e. The summed E-state index contributed by atoms with van der Waals surface area (Å²) in [7, 11) is 3.27. The second-order valence-electron chi connectivity index (χ2n) is 4.50. The fraction of sp³-hybridized carbons (Fsp3) is 0.188. The van der Waals surface area contributed by atoms with E-state index in [1.54, 1.807) is 14.2 Å². The zero-order valence-corrected chi connectivity index (χ0v) is 11.5. The van der Waals surface area contributed by atoms with Gasteiger partial charge in [0.05, 0.1) is 19.6 Å². The topological polar surface area (TPSA) is 34.1 Å². The summed E-state index contributed by atoms with van der Waals surface area (Å²) in [4.78, 5) is 6.70. The summed E-state index contributed by atoms with van der Waals surface area (Å²) in [5.41, 5.74) is 1.12. The van der Waals surface area contributed by atoms with E-state index >= 15 is 0 Å². The molecule has 4 heteroatoms. The van der Waals surface area contributed by atoms with Gasteiger partial charge in [-0.15, -0.1) is 0 Å². The quantitative estimate of drug-likeness (QED) is 0.847. The number of hydrogen-bond donors (Lipinski definition) is 0. The van der Waals surface area contributed by atoms with Gasteiger partial charge in [-0.25, -0.2) is 0 Å². The van der Waals surface area contributed by atoms with Crippen LogP contribution in [0.25, 0.3) is 6.20 Å². The van der Waals surface area contributed by atoms with Crippen LogP contribution >= 0.6 is 0 Å². The van der Waals surface area contributed by atoms with Crippen molar-refractivity contribution in [2.75, 3.05) is 25.8 Å². The normalized spacial score (nSPS) is 13.0. The first kappa shape index (κ1) is 12.5. The van der Waals surface area contributed by atoms with Gasteiger partial charge in [0.25, 0.3) is 0 Å².